The molecule has 28 heavy (non-hydrogen) atoms. The van der Waals surface area contributed by atoms with Crippen molar-refractivity contribution in [3.8, 4) is 22.6 Å². The zero-order valence-corrected chi connectivity index (χ0v) is 14.6. The monoisotopic (exact) mass is 390 g/mol. The van der Waals surface area contributed by atoms with Gasteiger partial charge in [0.05, 0.1) is 28.9 Å². The molecule has 0 saturated carbocycles. The Morgan fingerprint density at radius 3 is 2.68 bits per heavy atom. The molecule has 0 aliphatic carbocycles. The number of hydrogen-bond donors (Lipinski definition) is 0. The molecule has 2 aliphatic rings. The second kappa shape index (κ2) is 5.00. The van der Waals surface area contributed by atoms with Gasteiger partial charge in [0.15, 0.2) is 0 Å². The first-order chi connectivity index (χ1) is 19.2. The summed E-state index contributed by atoms with van der Waals surface area (Å²) in [5.41, 5.74) is -0.565. The predicted molar refractivity (Wildman–Crippen MR) is 117 cm³/mol. The van der Waals surface area contributed by atoms with E-state index >= 15 is 0 Å². The molecule has 4 aromatic carbocycles. The first kappa shape index (κ1) is 7.34. The van der Waals surface area contributed by atoms with Crippen molar-refractivity contribution in [1.29, 1.82) is 0 Å². The SMILES string of the molecule is [2H]c1c([2H])c([2H])c2c(c1[2H])OB1c3c-2c([2H])c([2H])c([2H])c3-n2c3c([2H])c([2H])c(Cl)c([2H])c3c3c([2H])c([2H])c([2H])c1c32. The van der Waals surface area contributed by atoms with Gasteiger partial charge >= 0.3 is 6.92 Å². The fourth-order valence-corrected chi connectivity index (χ4v) is 4.20. The van der Waals surface area contributed by atoms with E-state index in [2.05, 4.69) is 0 Å². The van der Waals surface area contributed by atoms with Gasteiger partial charge in [0.1, 0.15) is 5.75 Å². The molecule has 0 bridgehead atoms. The maximum atomic E-state index is 8.90. The molecule has 130 valence electrons. The van der Waals surface area contributed by atoms with Crippen LogP contribution in [-0.2, 0) is 0 Å². The van der Waals surface area contributed by atoms with Crippen molar-refractivity contribution in [2.24, 2.45) is 0 Å². The summed E-state index contributed by atoms with van der Waals surface area (Å²) in [7, 11) is 0. The van der Waals surface area contributed by atoms with E-state index in [4.69, 9.17) is 34.1 Å². The van der Waals surface area contributed by atoms with E-state index in [-0.39, 0.29) is 60.3 Å². The van der Waals surface area contributed by atoms with Crippen LogP contribution >= 0.6 is 11.6 Å². The van der Waals surface area contributed by atoms with Gasteiger partial charge < -0.3 is 9.22 Å². The minimum atomic E-state index is -1.40. The Balaban J connectivity index is 1.85. The van der Waals surface area contributed by atoms with Crippen molar-refractivity contribution in [3.63, 3.8) is 0 Å². The van der Waals surface area contributed by atoms with Crippen LogP contribution in [0.1, 0.15) is 17.8 Å². The summed E-state index contributed by atoms with van der Waals surface area (Å²) in [6.45, 7) is -1.40. The quantitative estimate of drug-likeness (QED) is 0.342. The summed E-state index contributed by atoms with van der Waals surface area (Å²) in [5.74, 6) is -0.331. The Bertz CT molecular complexity index is 2140. The second-order valence-corrected chi connectivity index (χ2v) is 6.85. The topological polar surface area (TPSA) is 14.2 Å². The van der Waals surface area contributed by atoms with Crippen LogP contribution in [0.25, 0.3) is 38.6 Å². The smallest absolute Gasteiger partial charge is 0.431 e. The Labute approximate surface area is 185 Å². The van der Waals surface area contributed by atoms with E-state index in [1.807, 2.05) is 0 Å². The highest BCUT2D eigenvalue weighted by Gasteiger charge is 2.40. The van der Waals surface area contributed by atoms with Crippen LogP contribution in [0.15, 0.2) is 78.6 Å². The van der Waals surface area contributed by atoms with E-state index < -0.39 is 85.5 Å². The number of halogens is 1. The fourth-order valence-electron chi connectivity index (χ4n) is 4.06. The maximum absolute atomic E-state index is 8.90. The van der Waals surface area contributed by atoms with Gasteiger partial charge in [0.25, 0.3) is 0 Å². The predicted octanol–water partition coefficient (Wildman–Crippen LogP) is 4.92. The summed E-state index contributed by atoms with van der Waals surface area (Å²) in [6.07, 6.45) is 0. The zero-order chi connectivity index (χ0) is 29.7. The van der Waals surface area contributed by atoms with Crippen molar-refractivity contribution < 1.29 is 22.5 Å². The number of aromatic nitrogens is 1. The molecule has 3 heterocycles. The van der Waals surface area contributed by atoms with E-state index in [0.717, 1.165) is 0 Å². The highest BCUT2D eigenvalue weighted by Crippen LogP contribution is 2.39. The zero-order valence-electron chi connectivity index (χ0n) is 26.8. The number of nitrogens with zero attached hydrogens (tertiary/aromatic N) is 1. The molecule has 0 unspecified atom stereocenters. The van der Waals surface area contributed by atoms with Gasteiger partial charge in [0.2, 0.25) is 0 Å². The lowest BCUT2D eigenvalue weighted by Crippen LogP contribution is -2.54. The van der Waals surface area contributed by atoms with Gasteiger partial charge in [-0.3, -0.25) is 0 Å². The number of para-hydroxylation sites is 2. The fraction of sp³-hybridized carbons (Fsp3) is 0. The van der Waals surface area contributed by atoms with Crippen LogP contribution in [0, 0.1) is 0 Å². The van der Waals surface area contributed by atoms with Gasteiger partial charge in [-0.15, -0.1) is 0 Å². The van der Waals surface area contributed by atoms with E-state index in [1.54, 1.807) is 0 Å². The molecule has 0 atom stereocenters. The van der Waals surface area contributed by atoms with Crippen molar-refractivity contribution in [2.75, 3.05) is 0 Å². The van der Waals surface area contributed by atoms with E-state index in [0.29, 0.717) is 0 Å². The lowest BCUT2D eigenvalue weighted by molar-refractivity contribution is 0.590. The molecular formula is C24H13BClNO. The third kappa shape index (κ3) is 1.67. The lowest BCUT2D eigenvalue weighted by Gasteiger charge is -2.32. The molecule has 0 saturated heterocycles. The maximum Gasteiger partial charge on any atom is 0.431 e. The summed E-state index contributed by atoms with van der Waals surface area (Å²) in [4.78, 5) is 0. The number of fused-ring (bicyclic) bond motifs is 7. The Morgan fingerprint density at radius 2 is 1.71 bits per heavy atom. The molecule has 0 amide bonds. The third-order valence-corrected chi connectivity index (χ3v) is 5.30. The van der Waals surface area contributed by atoms with Gasteiger partial charge in [-0.2, -0.15) is 0 Å². The van der Waals surface area contributed by atoms with Crippen LogP contribution in [0.4, 0.5) is 0 Å². The molecule has 2 nitrogen and oxygen atoms in total. The first-order valence-corrected chi connectivity index (χ1v) is 8.75. The Morgan fingerprint density at radius 1 is 0.857 bits per heavy atom. The van der Waals surface area contributed by atoms with Crippen LogP contribution in [0.3, 0.4) is 0 Å². The van der Waals surface area contributed by atoms with Crippen molar-refractivity contribution in [1.82, 2.24) is 4.57 Å². The standard InChI is InChI=1S/C24H13BClNO/c26-14-11-12-20-18(13-14)17-7-3-8-19-24(17)27(20)21-9-4-6-16-15-5-1-2-10-22(15)28-25(19)23(16)21/h1-13H/i1D,2D,3D,4D,5D,6D,7D,8D,9D,10D,11D,12D,13D. The molecular weight excluding hydrogens is 365 g/mol. The highest BCUT2D eigenvalue weighted by molar-refractivity contribution is 6.85. The van der Waals surface area contributed by atoms with Gasteiger partial charge in [-0.1, -0.05) is 59.9 Å². The van der Waals surface area contributed by atoms with Crippen LogP contribution in [0.2, 0.25) is 5.02 Å². The normalized spacial score (nSPS) is 19.9. The second-order valence-electron chi connectivity index (χ2n) is 6.47. The molecule has 0 spiro atoms. The number of rotatable bonds is 0. The summed E-state index contributed by atoms with van der Waals surface area (Å²) in [5, 5.41) is -0.485. The molecule has 1 aromatic heterocycles. The molecule has 4 heteroatoms. The summed E-state index contributed by atoms with van der Waals surface area (Å²) >= 11 is 6.24. The van der Waals surface area contributed by atoms with Crippen molar-refractivity contribution >= 4 is 51.2 Å². The van der Waals surface area contributed by atoms with Crippen LogP contribution in [0.5, 0.6) is 5.75 Å². The molecule has 0 radical (unpaired) electrons. The number of hydrogen-bond acceptors (Lipinski definition) is 1. The van der Waals surface area contributed by atoms with Crippen LogP contribution < -0.4 is 15.6 Å². The summed E-state index contributed by atoms with van der Waals surface area (Å²) < 4.78 is 119. The Hall–Kier alpha value is -3.17. The van der Waals surface area contributed by atoms with Gasteiger partial charge in [-0.05, 0) is 41.2 Å². The molecule has 0 N–H and O–H groups in total. The third-order valence-electron chi connectivity index (χ3n) is 5.12. The average Bonchev–Trinajstić information content (AvgIpc) is 3.30. The largest absolute Gasteiger partial charge is 0.551 e. The van der Waals surface area contributed by atoms with Gasteiger partial charge in [0, 0.05) is 32.5 Å². The van der Waals surface area contributed by atoms with Crippen molar-refractivity contribution in [2.45, 2.75) is 0 Å². The number of benzene rings is 4. The lowest BCUT2D eigenvalue weighted by atomic mass is 9.50. The first-order valence-electron chi connectivity index (χ1n) is 14.9. The van der Waals surface area contributed by atoms with E-state index in [9.17, 15) is 0 Å². The minimum Gasteiger partial charge on any atom is -0.551 e. The highest BCUT2D eigenvalue weighted by atomic mass is 35.5. The molecule has 7 rings (SSSR count). The Kier molecular flexibility index (Phi) is 1.31. The van der Waals surface area contributed by atoms with Gasteiger partial charge in [-0.25, -0.2) is 0 Å². The van der Waals surface area contributed by atoms with E-state index in [1.165, 1.54) is 4.57 Å². The molecule has 0 fully saturated rings. The van der Waals surface area contributed by atoms with Crippen LogP contribution in [-0.4, -0.2) is 11.5 Å². The summed E-state index contributed by atoms with van der Waals surface area (Å²) in [6, 6.07) is -6.78. The minimum absolute atomic E-state index is 0.0119. The van der Waals surface area contributed by atoms with Crippen molar-refractivity contribution in [3.05, 3.63) is 83.6 Å². The molecule has 2 aliphatic heterocycles. The molecule has 5 aromatic rings. The average molecular weight is 391 g/mol.